The lowest BCUT2D eigenvalue weighted by Crippen LogP contribution is -2.33. The van der Waals surface area contributed by atoms with Gasteiger partial charge in [-0.15, -0.1) is 0 Å². The number of hydrogen-bond acceptors (Lipinski definition) is 3. The summed E-state index contributed by atoms with van der Waals surface area (Å²) >= 11 is 0. The van der Waals surface area contributed by atoms with Crippen LogP contribution < -0.4 is 5.32 Å². The molecule has 1 aromatic rings. The molecule has 0 aliphatic carbocycles. The molecule has 0 aliphatic rings. The van der Waals surface area contributed by atoms with E-state index in [1.807, 2.05) is 19.9 Å². The van der Waals surface area contributed by atoms with Crippen LogP contribution in [0, 0.1) is 12.8 Å². The summed E-state index contributed by atoms with van der Waals surface area (Å²) in [4.78, 5) is 26.8. The van der Waals surface area contributed by atoms with E-state index in [-0.39, 0.29) is 17.9 Å². The van der Waals surface area contributed by atoms with Crippen molar-refractivity contribution in [1.82, 2.24) is 10.3 Å². The molecule has 2 N–H and O–H groups in total. The average molecular weight is 278 g/mol. The summed E-state index contributed by atoms with van der Waals surface area (Å²) in [6, 6.07) is 5.33. The molecule has 20 heavy (non-hydrogen) atoms. The molecule has 5 heteroatoms. The third-order valence-electron chi connectivity index (χ3n) is 3.19. The van der Waals surface area contributed by atoms with Crippen molar-refractivity contribution in [3.8, 4) is 0 Å². The molecular weight excluding hydrogens is 256 g/mol. The molecule has 0 saturated carbocycles. The maximum absolute atomic E-state index is 11.9. The van der Waals surface area contributed by atoms with Crippen molar-refractivity contribution < 1.29 is 14.7 Å². The van der Waals surface area contributed by atoms with Crippen molar-refractivity contribution in [2.45, 2.75) is 46.1 Å². The SMILES string of the molecule is Cc1cccc(C(=O)NC(C)CCCC(C)C(=O)O)n1. The van der Waals surface area contributed by atoms with Crippen molar-refractivity contribution >= 4 is 11.9 Å². The van der Waals surface area contributed by atoms with Crippen LogP contribution in [0.25, 0.3) is 0 Å². The minimum Gasteiger partial charge on any atom is -0.481 e. The molecule has 110 valence electrons. The Kier molecular flexibility index (Phi) is 6.15. The molecule has 0 fully saturated rings. The van der Waals surface area contributed by atoms with Gasteiger partial charge in [0.2, 0.25) is 0 Å². The lowest BCUT2D eigenvalue weighted by molar-refractivity contribution is -0.141. The monoisotopic (exact) mass is 278 g/mol. The van der Waals surface area contributed by atoms with Crippen LogP contribution >= 0.6 is 0 Å². The summed E-state index contributed by atoms with van der Waals surface area (Å²) in [5.74, 6) is -1.30. The van der Waals surface area contributed by atoms with Crippen molar-refractivity contribution in [2.75, 3.05) is 0 Å². The first-order valence-electron chi connectivity index (χ1n) is 6.87. The quantitative estimate of drug-likeness (QED) is 0.802. The molecule has 1 aromatic heterocycles. The summed E-state index contributed by atoms with van der Waals surface area (Å²) in [7, 11) is 0. The van der Waals surface area contributed by atoms with Gasteiger partial charge in [-0.2, -0.15) is 0 Å². The molecule has 5 nitrogen and oxygen atoms in total. The summed E-state index contributed by atoms with van der Waals surface area (Å²) in [5.41, 5.74) is 1.22. The first-order chi connectivity index (χ1) is 9.40. The van der Waals surface area contributed by atoms with Crippen LogP contribution in [0.1, 0.15) is 49.3 Å². The highest BCUT2D eigenvalue weighted by atomic mass is 16.4. The molecule has 1 heterocycles. The van der Waals surface area contributed by atoms with Crippen LogP contribution in [0.3, 0.4) is 0 Å². The zero-order valence-electron chi connectivity index (χ0n) is 12.2. The second-order valence-corrected chi connectivity index (χ2v) is 5.21. The van der Waals surface area contributed by atoms with Crippen molar-refractivity contribution in [2.24, 2.45) is 5.92 Å². The normalized spacial score (nSPS) is 13.6. The van der Waals surface area contributed by atoms with Crippen LogP contribution in [0.2, 0.25) is 0 Å². The molecular formula is C15H22N2O3. The Balaban J connectivity index is 2.37. The van der Waals surface area contributed by atoms with E-state index >= 15 is 0 Å². The van der Waals surface area contributed by atoms with Gasteiger partial charge in [-0.25, -0.2) is 4.98 Å². The van der Waals surface area contributed by atoms with Crippen LogP contribution in [-0.4, -0.2) is 28.0 Å². The topological polar surface area (TPSA) is 79.3 Å². The van der Waals surface area contributed by atoms with Gasteiger partial charge in [0.25, 0.3) is 5.91 Å². The van der Waals surface area contributed by atoms with E-state index in [4.69, 9.17) is 5.11 Å². The minimum absolute atomic E-state index is 0.00538. The van der Waals surface area contributed by atoms with Crippen LogP contribution in [0.5, 0.6) is 0 Å². The Bertz CT molecular complexity index is 474. The second kappa shape index (κ2) is 7.62. The van der Waals surface area contributed by atoms with Gasteiger partial charge >= 0.3 is 5.97 Å². The van der Waals surface area contributed by atoms with Gasteiger partial charge in [-0.3, -0.25) is 9.59 Å². The number of hydrogen-bond donors (Lipinski definition) is 2. The lowest BCUT2D eigenvalue weighted by atomic mass is 10.0. The average Bonchev–Trinajstić information content (AvgIpc) is 2.38. The van der Waals surface area contributed by atoms with Crippen molar-refractivity contribution in [1.29, 1.82) is 0 Å². The van der Waals surface area contributed by atoms with E-state index in [9.17, 15) is 9.59 Å². The number of aryl methyl sites for hydroxylation is 1. The number of pyridine rings is 1. The molecule has 2 unspecified atom stereocenters. The van der Waals surface area contributed by atoms with E-state index in [2.05, 4.69) is 10.3 Å². The number of carbonyl (C=O) groups is 2. The molecule has 0 saturated heterocycles. The third-order valence-corrected chi connectivity index (χ3v) is 3.19. The van der Waals surface area contributed by atoms with Crippen LogP contribution in [0.4, 0.5) is 0 Å². The van der Waals surface area contributed by atoms with E-state index in [1.54, 1.807) is 19.1 Å². The van der Waals surface area contributed by atoms with Crippen molar-refractivity contribution in [3.05, 3.63) is 29.6 Å². The first kappa shape index (κ1) is 16.1. The smallest absolute Gasteiger partial charge is 0.306 e. The van der Waals surface area contributed by atoms with E-state index < -0.39 is 5.97 Å². The Hall–Kier alpha value is -1.91. The molecule has 0 radical (unpaired) electrons. The van der Waals surface area contributed by atoms with Gasteiger partial charge in [0.15, 0.2) is 0 Å². The van der Waals surface area contributed by atoms with Gasteiger partial charge in [0.1, 0.15) is 5.69 Å². The number of aliphatic carboxylic acids is 1. The van der Waals surface area contributed by atoms with Crippen molar-refractivity contribution in [3.63, 3.8) is 0 Å². The first-order valence-corrected chi connectivity index (χ1v) is 6.87. The number of carbonyl (C=O) groups excluding carboxylic acids is 1. The van der Waals surface area contributed by atoms with Crippen LogP contribution in [0.15, 0.2) is 18.2 Å². The molecule has 0 bridgehead atoms. The largest absolute Gasteiger partial charge is 0.481 e. The Morgan fingerprint density at radius 3 is 2.60 bits per heavy atom. The zero-order chi connectivity index (χ0) is 15.1. The van der Waals surface area contributed by atoms with Gasteiger partial charge in [0.05, 0.1) is 5.92 Å². The Morgan fingerprint density at radius 2 is 2.00 bits per heavy atom. The van der Waals surface area contributed by atoms with Crippen LogP contribution in [-0.2, 0) is 4.79 Å². The molecule has 1 rings (SSSR count). The molecule has 0 aliphatic heterocycles. The predicted octanol–water partition coefficient (Wildman–Crippen LogP) is 2.40. The van der Waals surface area contributed by atoms with E-state index in [1.165, 1.54) is 0 Å². The fourth-order valence-corrected chi connectivity index (χ4v) is 1.89. The molecule has 1 amide bonds. The maximum Gasteiger partial charge on any atom is 0.306 e. The molecule has 2 atom stereocenters. The molecule has 0 spiro atoms. The summed E-state index contributed by atoms with van der Waals surface area (Å²) in [6.45, 7) is 5.45. The summed E-state index contributed by atoms with van der Waals surface area (Å²) in [6.07, 6.45) is 2.16. The number of amides is 1. The number of nitrogens with zero attached hydrogens (tertiary/aromatic N) is 1. The number of aromatic nitrogens is 1. The lowest BCUT2D eigenvalue weighted by Gasteiger charge is -2.14. The maximum atomic E-state index is 11.9. The molecule has 0 aromatic carbocycles. The highest BCUT2D eigenvalue weighted by Gasteiger charge is 2.13. The fraction of sp³-hybridized carbons (Fsp3) is 0.533. The fourth-order valence-electron chi connectivity index (χ4n) is 1.89. The number of rotatable bonds is 7. The Morgan fingerprint density at radius 1 is 1.30 bits per heavy atom. The van der Waals surface area contributed by atoms with E-state index in [0.29, 0.717) is 12.1 Å². The minimum atomic E-state index is -0.773. The highest BCUT2D eigenvalue weighted by molar-refractivity contribution is 5.92. The Labute approximate surface area is 119 Å². The van der Waals surface area contributed by atoms with Gasteiger partial charge in [-0.1, -0.05) is 19.4 Å². The van der Waals surface area contributed by atoms with Gasteiger partial charge in [-0.05, 0) is 38.8 Å². The number of nitrogens with one attached hydrogen (secondary N) is 1. The summed E-state index contributed by atoms with van der Waals surface area (Å²) in [5, 5.41) is 11.7. The zero-order valence-corrected chi connectivity index (χ0v) is 12.2. The predicted molar refractivity (Wildman–Crippen MR) is 76.6 cm³/mol. The van der Waals surface area contributed by atoms with E-state index in [0.717, 1.165) is 18.5 Å². The van der Waals surface area contributed by atoms with Gasteiger partial charge < -0.3 is 10.4 Å². The number of carboxylic acid groups (broad SMARTS) is 1. The van der Waals surface area contributed by atoms with Gasteiger partial charge in [0, 0.05) is 11.7 Å². The standard InChI is InChI=1S/C15H22N2O3/c1-10(15(19)20)6-4-7-12(3)17-14(18)13-9-5-8-11(2)16-13/h5,8-10,12H,4,6-7H2,1-3H3,(H,17,18)(H,19,20). The third kappa shape index (κ3) is 5.38. The highest BCUT2D eigenvalue weighted by Crippen LogP contribution is 2.10. The summed E-state index contributed by atoms with van der Waals surface area (Å²) < 4.78 is 0. The second-order valence-electron chi connectivity index (χ2n) is 5.21. The number of carboxylic acids is 1.